The van der Waals surface area contributed by atoms with Gasteiger partial charge in [-0.15, -0.1) is 0 Å². The van der Waals surface area contributed by atoms with Crippen LogP contribution in [0.3, 0.4) is 0 Å². The fraction of sp³-hybridized carbons (Fsp3) is 0.367. The summed E-state index contributed by atoms with van der Waals surface area (Å²) in [5, 5.41) is 18.0. The smallest absolute Gasteiger partial charge is 0.123 e. The molecule has 37 heavy (non-hydrogen) atoms. The van der Waals surface area contributed by atoms with Crippen LogP contribution in [0.5, 0.6) is 5.75 Å². The molecule has 0 aliphatic carbocycles. The van der Waals surface area contributed by atoms with Crippen LogP contribution in [-0.2, 0) is 13.0 Å². The quantitative estimate of drug-likeness (QED) is 0.215. The largest absolute Gasteiger partial charge is 0.490 e. The second-order valence-electron chi connectivity index (χ2n) is 9.99. The van der Waals surface area contributed by atoms with Crippen LogP contribution < -0.4 is 10.5 Å². The Labute approximate surface area is 218 Å². The van der Waals surface area contributed by atoms with E-state index in [1.807, 2.05) is 37.3 Å². The number of piperidine rings is 1. The van der Waals surface area contributed by atoms with Gasteiger partial charge in [0, 0.05) is 50.5 Å². The summed E-state index contributed by atoms with van der Waals surface area (Å²) in [6.45, 7) is 6.48. The number of aryl methyl sites for hydroxylation is 1. The van der Waals surface area contributed by atoms with Crippen molar-refractivity contribution in [2.24, 2.45) is 5.73 Å². The summed E-state index contributed by atoms with van der Waals surface area (Å²) < 4.78 is 8.75. The lowest BCUT2D eigenvalue weighted by molar-refractivity contribution is 0.130. The summed E-state index contributed by atoms with van der Waals surface area (Å²) in [6, 6.07) is 18.5. The third kappa shape index (κ3) is 5.17. The monoisotopic (exact) mass is 496 g/mol. The highest BCUT2D eigenvalue weighted by molar-refractivity contribution is 6.08. The normalized spacial score (nSPS) is 14.4. The van der Waals surface area contributed by atoms with Crippen LogP contribution in [0.25, 0.3) is 21.8 Å². The van der Waals surface area contributed by atoms with Crippen LogP contribution in [0.4, 0.5) is 0 Å². The van der Waals surface area contributed by atoms with Crippen LogP contribution in [0.1, 0.15) is 56.5 Å². The summed E-state index contributed by atoms with van der Waals surface area (Å²) in [5.74, 6) is 2.68. The molecule has 0 radical (unpaired) electrons. The van der Waals surface area contributed by atoms with Crippen molar-refractivity contribution in [3.05, 3.63) is 71.5 Å². The molecule has 0 saturated carbocycles. The number of aromatic nitrogens is 2. The molecule has 0 atom stereocenters. The number of rotatable bonds is 8. The standard InChI is InChI=1S/C30H36N6O/c1-3-4-9-29-34-27-13-11-23(37-22-14-16-35(17-15-22)20(2)31)18-28(27)36(29)19-21-10-12-26(30(32)33)25-8-6-5-7-24(21)25/h5-8,10-13,18,22,31H,3-4,9,14-17,19H2,1-2H3,(H3,32,33). The van der Waals surface area contributed by atoms with Gasteiger partial charge in [-0.25, -0.2) is 4.98 Å². The van der Waals surface area contributed by atoms with Crippen molar-refractivity contribution < 1.29 is 4.74 Å². The summed E-state index contributed by atoms with van der Waals surface area (Å²) in [6.07, 6.45) is 5.12. The van der Waals surface area contributed by atoms with Crippen LogP contribution in [0, 0.1) is 10.8 Å². The highest BCUT2D eigenvalue weighted by atomic mass is 16.5. The number of nitrogens with two attached hydrogens (primary N) is 1. The van der Waals surface area contributed by atoms with Crippen LogP contribution in [0.15, 0.2) is 54.6 Å². The zero-order valence-corrected chi connectivity index (χ0v) is 21.8. The first-order valence-corrected chi connectivity index (χ1v) is 13.3. The van der Waals surface area contributed by atoms with Gasteiger partial charge in [-0.3, -0.25) is 10.8 Å². The maximum absolute atomic E-state index is 8.00. The molecule has 0 amide bonds. The topological polar surface area (TPSA) is 104 Å². The number of amidine groups is 2. The van der Waals surface area contributed by atoms with E-state index in [1.165, 1.54) is 5.56 Å². The lowest BCUT2D eigenvalue weighted by atomic mass is 9.98. The van der Waals surface area contributed by atoms with E-state index in [9.17, 15) is 0 Å². The zero-order chi connectivity index (χ0) is 25.9. The Bertz CT molecular complexity index is 1450. The van der Waals surface area contributed by atoms with E-state index in [1.54, 1.807) is 0 Å². The van der Waals surface area contributed by atoms with E-state index in [-0.39, 0.29) is 11.9 Å². The number of hydrogen-bond donors (Lipinski definition) is 3. The Morgan fingerprint density at radius 2 is 1.81 bits per heavy atom. The molecule has 0 bridgehead atoms. The molecule has 2 heterocycles. The highest BCUT2D eigenvalue weighted by Crippen LogP contribution is 2.29. The summed E-state index contributed by atoms with van der Waals surface area (Å²) in [4.78, 5) is 7.12. The minimum absolute atomic E-state index is 0.0860. The van der Waals surface area contributed by atoms with Crippen molar-refractivity contribution in [1.82, 2.24) is 14.5 Å². The number of nitrogens with one attached hydrogen (secondary N) is 2. The predicted octanol–water partition coefficient (Wildman–Crippen LogP) is 5.70. The van der Waals surface area contributed by atoms with E-state index >= 15 is 0 Å². The number of benzene rings is 3. The maximum Gasteiger partial charge on any atom is 0.123 e. The average Bonchev–Trinajstić information content (AvgIpc) is 3.24. The fourth-order valence-electron chi connectivity index (χ4n) is 5.33. The third-order valence-electron chi connectivity index (χ3n) is 7.40. The number of likely N-dealkylation sites (tertiary alicyclic amines) is 1. The lowest BCUT2D eigenvalue weighted by Crippen LogP contribution is -2.40. The molecule has 1 aliphatic heterocycles. The number of unbranched alkanes of at least 4 members (excludes halogenated alkanes) is 1. The molecule has 0 spiro atoms. The summed E-state index contributed by atoms with van der Waals surface area (Å²) in [7, 11) is 0. The van der Waals surface area contributed by atoms with Gasteiger partial charge in [0.1, 0.15) is 23.5 Å². The number of fused-ring (bicyclic) bond motifs is 2. The molecule has 4 aromatic rings. The second kappa shape index (κ2) is 10.6. The van der Waals surface area contributed by atoms with Gasteiger partial charge in [0.25, 0.3) is 0 Å². The summed E-state index contributed by atoms with van der Waals surface area (Å²) >= 11 is 0. The number of nitrogen functional groups attached to an aromatic ring is 1. The minimum Gasteiger partial charge on any atom is -0.490 e. The average molecular weight is 497 g/mol. The van der Waals surface area contributed by atoms with Crippen molar-refractivity contribution in [3.8, 4) is 5.75 Å². The highest BCUT2D eigenvalue weighted by Gasteiger charge is 2.21. The third-order valence-corrected chi connectivity index (χ3v) is 7.40. The second-order valence-corrected chi connectivity index (χ2v) is 9.99. The molecule has 1 saturated heterocycles. The Morgan fingerprint density at radius 1 is 1.05 bits per heavy atom. The molecule has 7 heteroatoms. The van der Waals surface area contributed by atoms with Gasteiger partial charge in [0.15, 0.2) is 0 Å². The molecular formula is C30H36N6O. The van der Waals surface area contributed by atoms with E-state index in [0.29, 0.717) is 12.4 Å². The maximum atomic E-state index is 8.00. The van der Waals surface area contributed by atoms with E-state index in [2.05, 4.69) is 40.7 Å². The van der Waals surface area contributed by atoms with Crippen molar-refractivity contribution >= 4 is 33.5 Å². The molecule has 4 N–H and O–H groups in total. The van der Waals surface area contributed by atoms with Crippen LogP contribution in [0.2, 0.25) is 0 Å². The molecule has 3 aromatic carbocycles. The van der Waals surface area contributed by atoms with Gasteiger partial charge >= 0.3 is 0 Å². The van der Waals surface area contributed by atoms with Crippen molar-refractivity contribution in [2.45, 2.75) is 58.6 Å². The Balaban J connectivity index is 1.49. The first-order valence-electron chi connectivity index (χ1n) is 13.3. The Kier molecular flexibility index (Phi) is 7.12. The van der Waals surface area contributed by atoms with Crippen molar-refractivity contribution in [3.63, 3.8) is 0 Å². The first kappa shape index (κ1) is 24.8. The SMILES string of the molecule is CCCCc1nc2ccc(OC3CCN(C(C)=N)CC3)cc2n1Cc1ccc(C(=N)N)c2ccccc12. The Morgan fingerprint density at radius 3 is 2.51 bits per heavy atom. The van der Waals surface area contributed by atoms with Gasteiger partial charge in [-0.1, -0.05) is 49.7 Å². The van der Waals surface area contributed by atoms with Crippen LogP contribution in [-0.4, -0.2) is 45.3 Å². The number of imidazole rings is 1. The lowest BCUT2D eigenvalue weighted by Gasteiger charge is -2.32. The number of nitrogens with zero attached hydrogens (tertiary/aromatic N) is 3. The molecule has 7 nitrogen and oxygen atoms in total. The van der Waals surface area contributed by atoms with Crippen molar-refractivity contribution in [2.75, 3.05) is 13.1 Å². The molecule has 0 unspecified atom stereocenters. The predicted molar refractivity (Wildman–Crippen MR) is 151 cm³/mol. The molecule has 192 valence electrons. The van der Waals surface area contributed by atoms with Crippen molar-refractivity contribution in [1.29, 1.82) is 10.8 Å². The van der Waals surface area contributed by atoms with Gasteiger partial charge in [-0.05, 0) is 41.8 Å². The van der Waals surface area contributed by atoms with Gasteiger partial charge in [0.05, 0.1) is 16.9 Å². The number of ether oxygens (including phenoxy) is 1. The summed E-state index contributed by atoms with van der Waals surface area (Å²) in [5.41, 5.74) is 9.88. The van der Waals surface area contributed by atoms with E-state index in [0.717, 1.165) is 84.1 Å². The van der Waals surface area contributed by atoms with Gasteiger partial charge < -0.3 is 19.9 Å². The van der Waals surface area contributed by atoms with Crippen LogP contribution >= 0.6 is 0 Å². The molecule has 1 aliphatic rings. The van der Waals surface area contributed by atoms with Gasteiger partial charge in [0.2, 0.25) is 0 Å². The molecule has 1 aromatic heterocycles. The first-order chi connectivity index (χ1) is 17.9. The Hall–Kier alpha value is -3.87. The van der Waals surface area contributed by atoms with E-state index < -0.39 is 0 Å². The zero-order valence-electron chi connectivity index (χ0n) is 21.8. The number of hydrogen-bond acceptors (Lipinski definition) is 4. The van der Waals surface area contributed by atoms with Gasteiger partial charge in [-0.2, -0.15) is 0 Å². The minimum atomic E-state index is 0.0860. The molecular weight excluding hydrogens is 460 g/mol. The molecule has 1 fully saturated rings. The molecule has 5 rings (SSSR count). The van der Waals surface area contributed by atoms with E-state index in [4.69, 9.17) is 26.3 Å². The fourth-order valence-corrected chi connectivity index (χ4v) is 5.33.